The molecule has 1 heterocycles. The van der Waals surface area contributed by atoms with Crippen molar-refractivity contribution in [3.8, 4) is 0 Å². The van der Waals surface area contributed by atoms with Gasteiger partial charge in [0, 0.05) is 23.1 Å². The topological polar surface area (TPSA) is 52.6 Å². The number of carboxylic acid groups (broad SMARTS) is 1. The van der Waals surface area contributed by atoms with Crippen LogP contribution >= 0.6 is 15.9 Å². The molecule has 1 atom stereocenters. The van der Waals surface area contributed by atoms with E-state index in [9.17, 15) is 4.79 Å². The molecule has 0 spiro atoms. The highest BCUT2D eigenvalue weighted by Crippen LogP contribution is 2.31. The lowest BCUT2D eigenvalue weighted by Crippen LogP contribution is -2.62. The number of carboxylic acids is 1. The van der Waals surface area contributed by atoms with Gasteiger partial charge in [0.2, 0.25) is 0 Å². The molecule has 19 heavy (non-hydrogen) atoms. The Hall–Kier alpha value is -1.07. The Morgan fingerprint density at radius 2 is 2.21 bits per heavy atom. The summed E-state index contributed by atoms with van der Waals surface area (Å²) < 4.78 is 1.00. The van der Waals surface area contributed by atoms with Crippen molar-refractivity contribution in [3.63, 3.8) is 0 Å². The zero-order chi connectivity index (χ0) is 14.0. The summed E-state index contributed by atoms with van der Waals surface area (Å²) >= 11 is 3.55. The number of aliphatic carboxylic acids is 1. The summed E-state index contributed by atoms with van der Waals surface area (Å²) in [5, 5.41) is 12.5. The Morgan fingerprint density at radius 1 is 1.53 bits per heavy atom. The summed E-state index contributed by atoms with van der Waals surface area (Å²) in [6, 6.07) is 7.94. The van der Waals surface area contributed by atoms with Crippen LogP contribution in [0.3, 0.4) is 0 Å². The van der Waals surface area contributed by atoms with E-state index in [-0.39, 0.29) is 18.0 Å². The van der Waals surface area contributed by atoms with Crippen LogP contribution < -0.4 is 10.2 Å². The molecule has 0 bridgehead atoms. The van der Waals surface area contributed by atoms with Crippen molar-refractivity contribution in [1.82, 2.24) is 5.32 Å². The van der Waals surface area contributed by atoms with E-state index in [0.717, 1.165) is 16.7 Å². The van der Waals surface area contributed by atoms with E-state index in [4.69, 9.17) is 5.11 Å². The lowest BCUT2D eigenvalue weighted by atomic mass is 9.96. The second-order valence-electron chi connectivity index (χ2n) is 5.60. The molecule has 0 saturated carbocycles. The van der Waals surface area contributed by atoms with Crippen molar-refractivity contribution in [2.45, 2.75) is 31.8 Å². The van der Waals surface area contributed by atoms with Gasteiger partial charge in [0.05, 0.1) is 18.2 Å². The van der Waals surface area contributed by atoms with Crippen LogP contribution in [0.5, 0.6) is 0 Å². The molecule has 2 rings (SSSR count). The Labute approximate surface area is 121 Å². The highest BCUT2D eigenvalue weighted by atomic mass is 79.9. The number of hydrogen-bond acceptors (Lipinski definition) is 3. The fourth-order valence-electron chi connectivity index (χ4n) is 2.47. The lowest BCUT2D eigenvalue weighted by Gasteiger charge is -2.45. The maximum atomic E-state index is 11.0. The molecule has 1 aliphatic rings. The number of carbonyl (C=O) groups is 1. The van der Waals surface area contributed by atoms with Gasteiger partial charge in [0.15, 0.2) is 0 Å². The predicted octanol–water partition coefficient (Wildman–Crippen LogP) is 2.48. The van der Waals surface area contributed by atoms with Crippen LogP contribution in [0.2, 0.25) is 0 Å². The first-order chi connectivity index (χ1) is 8.89. The molecule has 1 aromatic rings. The maximum Gasteiger partial charge on any atom is 0.305 e. The quantitative estimate of drug-likeness (QED) is 0.896. The van der Waals surface area contributed by atoms with E-state index in [1.54, 1.807) is 0 Å². The van der Waals surface area contributed by atoms with Crippen molar-refractivity contribution >= 4 is 27.6 Å². The Kier molecular flexibility index (Phi) is 4.16. The molecule has 0 aromatic heterocycles. The number of para-hydroxylation sites is 1. The second-order valence-corrected chi connectivity index (χ2v) is 6.45. The highest BCUT2D eigenvalue weighted by Gasteiger charge is 2.34. The van der Waals surface area contributed by atoms with Gasteiger partial charge in [-0.25, -0.2) is 0 Å². The largest absolute Gasteiger partial charge is 0.481 e. The molecule has 0 radical (unpaired) electrons. The van der Waals surface area contributed by atoms with Gasteiger partial charge in [-0.15, -0.1) is 0 Å². The van der Waals surface area contributed by atoms with Crippen molar-refractivity contribution in [1.29, 1.82) is 0 Å². The number of benzene rings is 1. The molecule has 1 unspecified atom stereocenters. The Morgan fingerprint density at radius 3 is 2.84 bits per heavy atom. The summed E-state index contributed by atoms with van der Waals surface area (Å²) in [6.07, 6.45) is 0.143. The fraction of sp³-hybridized carbons (Fsp3) is 0.500. The molecular weight excluding hydrogens is 308 g/mol. The lowest BCUT2D eigenvalue weighted by molar-refractivity contribution is -0.137. The molecule has 1 fully saturated rings. The molecule has 104 valence electrons. The number of hydrogen-bond donors (Lipinski definition) is 2. The van der Waals surface area contributed by atoms with Gasteiger partial charge < -0.3 is 15.3 Å². The Bertz CT molecular complexity index is 476. The number of rotatable bonds is 3. The van der Waals surface area contributed by atoms with Gasteiger partial charge in [-0.05, 0) is 41.9 Å². The van der Waals surface area contributed by atoms with Gasteiger partial charge in [-0.2, -0.15) is 0 Å². The molecule has 0 amide bonds. The zero-order valence-corrected chi connectivity index (χ0v) is 12.8. The highest BCUT2D eigenvalue weighted by molar-refractivity contribution is 9.10. The smallest absolute Gasteiger partial charge is 0.305 e. The van der Waals surface area contributed by atoms with Crippen LogP contribution in [0.25, 0.3) is 0 Å². The number of nitrogens with one attached hydrogen (secondary N) is 1. The number of halogens is 1. The van der Waals surface area contributed by atoms with Crippen molar-refractivity contribution in [2.75, 3.05) is 18.0 Å². The molecule has 4 nitrogen and oxygen atoms in total. The van der Waals surface area contributed by atoms with E-state index in [1.807, 2.05) is 24.3 Å². The monoisotopic (exact) mass is 326 g/mol. The van der Waals surface area contributed by atoms with E-state index in [2.05, 4.69) is 40.0 Å². The molecular formula is C14H19BrN2O2. The molecule has 2 N–H and O–H groups in total. The maximum absolute atomic E-state index is 11.0. The minimum Gasteiger partial charge on any atom is -0.481 e. The summed E-state index contributed by atoms with van der Waals surface area (Å²) in [5.74, 6) is -0.761. The van der Waals surface area contributed by atoms with Crippen LogP contribution in [-0.2, 0) is 4.79 Å². The van der Waals surface area contributed by atoms with Crippen LogP contribution in [-0.4, -0.2) is 35.7 Å². The standard InChI is InChI=1S/C14H19BrN2O2/c1-14(2)9-17(10(8-16-14)7-13(18)19)12-6-4-3-5-11(12)15/h3-6,10,16H,7-9H2,1-2H3,(H,18,19). The Balaban J connectivity index is 2.30. The first-order valence-corrected chi connectivity index (χ1v) is 7.16. The van der Waals surface area contributed by atoms with E-state index in [1.165, 1.54) is 0 Å². The van der Waals surface area contributed by atoms with Crippen LogP contribution in [0.15, 0.2) is 28.7 Å². The van der Waals surface area contributed by atoms with Crippen molar-refractivity contribution in [2.24, 2.45) is 0 Å². The number of piperazine rings is 1. The molecule has 1 aliphatic heterocycles. The van der Waals surface area contributed by atoms with Gasteiger partial charge in [-0.3, -0.25) is 4.79 Å². The molecule has 1 saturated heterocycles. The summed E-state index contributed by atoms with van der Waals surface area (Å²) in [6.45, 7) is 5.73. The van der Waals surface area contributed by atoms with Crippen LogP contribution in [0.1, 0.15) is 20.3 Å². The van der Waals surface area contributed by atoms with Crippen molar-refractivity contribution in [3.05, 3.63) is 28.7 Å². The second kappa shape index (κ2) is 5.51. The molecule has 0 aliphatic carbocycles. The van der Waals surface area contributed by atoms with Gasteiger partial charge >= 0.3 is 5.97 Å². The van der Waals surface area contributed by atoms with Gasteiger partial charge in [0.25, 0.3) is 0 Å². The number of nitrogens with zero attached hydrogens (tertiary/aromatic N) is 1. The van der Waals surface area contributed by atoms with Crippen LogP contribution in [0, 0.1) is 0 Å². The summed E-state index contributed by atoms with van der Waals surface area (Å²) in [7, 11) is 0. The third-order valence-electron chi connectivity index (χ3n) is 3.39. The summed E-state index contributed by atoms with van der Waals surface area (Å²) in [4.78, 5) is 13.2. The van der Waals surface area contributed by atoms with Crippen molar-refractivity contribution < 1.29 is 9.90 Å². The average molecular weight is 327 g/mol. The fourth-order valence-corrected chi connectivity index (χ4v) is 2.98. The van der Waals surface area contributed by atoms with E-state index in [0.29, 0.717) is 6.54 Å². The third-order valence-corrected chi connectivity index (χ3v) is 4.07. The van der Waals surface area contributed by atoms with Crippen LogP contribution in [0.4, 0.5) is 5.69 Å². The third kappa shape index (κ3) is 3.48. The molecule has 5 heteroatoms. The minimum atomic E-state index is -0.761. The van der Waals surface area contributed by atoms with E-state index >= 15 is 0 Å². The zero-order valence-electron chi connectivity index (χ0n) is 11.2. The van der Waals surface area contributed by atoms with Gasteiger partial charge in [0.1, 0.15) is 0 Å². The first-order valence-electron chi connectivity index (χ1n) is 6.37. The average Bonchev–Trinajstić information content (AvgIpc) is 2.31. The minimum absolute atomic E-state index is 0.0235. The van der Waals surface area contributed by atoms with E-state index < -0.39 is 5.97 Å². The summed E-state index contributed by atoms with van der Waals surface area (Å²) in [5.41, 5.74) is 1.04. The normalized spacial score (nSPS) is 22.3. The molecule has 1 aromatic carbocycles. The van der Waals surface area contributed by atoms with Gasteiger partial charge in [-0.1, -0.05) is 12.1 Å². The SMILES string of the molecule is CC1(C)CN(c2ccccc2Br)C(CC(=O)O)CN1. The number of anilines is 1. The predicted molar refractivity (Wildman–Crippen MR) is 79.6 cm³/mol. The first kappa shape index (κ1) is 14.3.